The number of aromatic hydroxyl groups is 1. The lowest BCUT2D eigenvalue weighted by Gasteiger charge is -2.11. The van der Waals surface area contributed by atoms with E-state index in [0.29, 0.717) is 21.9 Å². The van der Waals surface area contributed by atoms with E-state index < -0.39 is 11.6 Å². The summed E-state index contributed by atoms with van der Waals surface area (Å²) in [5.74, 6) is -1.02. The number of hydrogen-bond acceptors (Lipinski definition) is 4. The Hall–Kier alpha value is -2.60. The maximum Gasteiger partial charge on any atom is 0.369 e. The van der Waals surface area contributed by atoms with Crippen LogP contribution in [0.2, 0.25) is 10.0 Å². The van der Waals surface area contributed by atoms with Crippen LogP contribution < -0.4 is 4.74 Å². The van der Waals surface area contributed by atoms with Crippen LogP contribution in [0.5, 0.6) is 11.5 Å². The first-order chi connectivity index (χ1) is 18.6. The Kier molecular flexibility index (Phi) is 15.3. The summed E-state index contributed by atoms with van der Waals surface area (Å²) in [4.78, 5) is 0. The van der Waals surface area contributed by atoms with Gasteiger partial charge in [-0.25, -0.2) is 8.78 Å². The zero-order chi connectivity index (χ0) is 29.1. The molecule has 0 heterocycles. The van der Waals surface area contributed by atoms with Crippen molar-refractivity contribution >= 4 is 73.7 Å². The number of para-hydroxylation sites is 2. The third kappa shape index (κ3) is 9.22. The summed E-state index contributed by atoms with van der Waals surface area (Å²) in [5, 5.41) is 27.9. The van der Waals surface area contributed by atoms with E-state index in [9.17, 15) is 13.9 Å². The van der Waals surface area contributed by atoms with Crippen LogP contribution in [-0.4, -0.2) is 15.4 Å². The van der Waals surface area contributed by atoms with Crippen molar-refractivity contribution in [3.8, 4) is 45.9 Å². The molecular formula is C28H20BBr3Cl2F2N2O2. The summed E-state index contributed by atoms with van der Waals surface area (Å²) in [7, 11) is 1.47. The number of nitriles is 2. The Labute approximate surface area is 267 Å². The molecule has 0 saturated carbocycles. The molecule has 0 fully saturated rings. The molecule has 40 heavy (non-hydrogen) atoms. The van der Waals surface area contributed by atoms with Crippen LogP contribution in [0.25, 0.3) is 22.3 Å². The van der Waals surface area contributed by atoms with E-state index in [4.69, 9.17) is 38.5 Å². The highest BCUT2D eigenvalue weighted by atomic mass is 79.9. The number of ether oxygens (including phenoxy) is 1. The van der Waals surface area contributed by atoms with Crippen LogP contribution in [0.15, 0.2) is 72.8 Å². The molecule has 4 rings (SSSR count). The van der Waals surface area contributed by atoms with E-state index in [0.717, 1.165) is 0 Å². The Balaban J connectivity index is 0.000000346. The van der Waals surface area contributed by atoms with Crippen molar-refractivity contribution in [2.75, 3.05) is 7.11 Å². The first-order valence-corrected chi connectivity index (χ1v) is 14.2. The highest BCUT2D eigenvalue weighted by molar-refractivity contribution is 9.69. The molecule has 12 heteroatoms. The molecule has 0 saturated heterocycles. The van der Waals surface area contributed by atoms with E-state index in [1.54, 1.807) is 54.6 Å². The maximum absolute atomic E-state index is 14.1. The second-order valence-corrected chi connectivity index (χ2v) is 14.5. The number of methoxy groups -OCH3 is 1. The molecule has 0 atom stereocenters. The van der Waals surface area contributed by atoms with Crippen molar-refractivity contribution in [1.82, 2.24) is 0 Å². The summed E-state index contributed by atoms with van der Waals surface area (Å²) in [5.41, 5.74) is 1.18. The number of hydrogen-bond donors (Lipinski definition) is 1. The summed E-state index contributed by atoms with van der Waals surface area (Å²) in [6.07, 6.45) is 0. The lowest BCUT2D eigenvalue weighted by Crippen LogP contribution is -1.93. The first kappa shape index (κ1) is 35.4. The molecule has 0 radical (unpaired) electrons. The average Bonchev–Trinajstić information content (AvgIpc) is 2.91. The molecule has 0 unspecified atom stereocenters. The van der Waals surface area contributed by atoms with Crippen molar-refractivity contribution in [2.24, 2.45) is 0 Å². The van der Waals surface area contributed by atoms with Crippen LogP contribution in [0.4, 0.5) is 8.78 Å². The van der Waals surface area contributed by atoms with E-state index in [1.807, 2.05) is 6.07 Å². The van der Waals surface area contributed by atoms with Crippen LogP contribution in [0, 0.1) is 34.3 Å². The van der Waals surface area contributed by atoms with Crippen LogP contribution in [-0.2, 0) is 0 Å². The van der Waals surface area contributed by atoms with Gasteiger partial charge in [-0.2, -0.15) is 10.5 Å². The smallest absolute Gasteiger partial charge is 0.369 e. The summed E-state index contributed by atoms with van der Waals surface area (Å²) >= 11 is 21.1. The summed E-state index contributed by atoms with van der Waals surface area (Å²) in [6.45, 7) is 0. The molecule has 0 aliphatic rings. The van der Waals surface area contributed by atoms with Gasteiger partial charge in [-0.15, -0.1) is 47.3 Å². The van der Waals surface area contributed by atoms with Crippen LogP contribution >= 0.6 is 70.5 Å². The van der Waals surface area contributed by atoms with E-state index in [2.05, 4.69) is 47.3 Å². The van der Waals surface area contributed by atoms with Gasteiger partial charge in [0.15, 0.2) is 0 Å². The minimum absolute atomic E-state index is 0. The lowest BCUT2D eigenvalue weighted by molar-refractivity contribution is 0.416. The normalized spacial score (nSPS) is 9.35. The van der Waals surface area contributed by atoms with Gasteiger partial charge in [-0.1, -0.05) is 79.2 Å². The van der Waals surface area contributed by atoms with Gasteiger partial charge in [0.05, 0.1) is 28.3 Å². The minimum atomic E-state index is -0.660. The minimum Gasteiger partial charge on any atom is -0.506 e. The third-order valence-electron chi connectivity index (χ3n) is 4.98. The predicted octanol–water partition coefficient (Wildman–Crippen LogP) is 10.5. The molecule has 0 spiro atoms. The molecule has 0 aliphatic carbocycles. The van der Waals surface area contributed by atoms with Gasteiger partial charge in [0.2, 0.25) is 0 Å². The van der Waals surface area contributed by atoms with Crippen molar-refractivity contribution in [1.29, 1.82) is 10.5 Å². The van der Waals surface area contributed by atoms with Gasteiger partial charge < -0.3 is 9.84 Å². The molecule has 4 aromatic rings. The molecule has 0 bridgehead atoms. The Morgan fingerprint density at radius 1 is 0.725 bits per heavy atom. The highest BCUT2D eigenvalue weighted by Crippen LogP contribution is 2.38. The molecule has 4 aromatic carbocycles. The molecule has 206 valence electrons. The Bertz CT molecular complexity index is 1530. The second-order valence-electron chi connectivity index (χ2n) is 7.26. The number of phenolic OH excluding ortho intramolecular Hbond substituents is 1. The largest absolute Gasteiger partial charge is 0.506 e. The Morgan fingerprint density at radius 3 is 1.55 bits per heavy atom. The van der Waals surface area contributed by atoms with E-state index in [1.165, 1.54) is 31.4 Å². The molecular weight excluding hydrogens is 756 g/mol. The number of rotatable bonds is 3. The second kappa shape index (κ2) is 17.3. The molecule has 1 N–H and O–H groups in total. The summed E-state index contributed by atoms with van der Waals surface area (Å²) < 4.78 is 33.4. The van der Waals surface area contributed by atoms with E-state index in [-0.39, 0.29) is 43.6 Å². The Morgan fingerprint density at radius 2 is 1.10 bits per heavy atom. The van der Waals surface area contributed by atoms with Crippen molar-refractivity contribution in [2.45, 2.75) is 7.43 Å². The highest BCUT2D eigenvalue weighted by Gasteiger charge is 2.16. The monoisotopic (exact) mass is 772 g/mol. The van der Waals surface area contributed by atoms with E-state index >= 15 is 0 Å². The van der Waals surface area contributed by atoms with Gasteiger partial charge in [0.25, 0.3) is 0 Å². The molecule has 0 amide bonds. The fraction of sp³-hybridized carbons (Fsp3) is 0.0714. The van der Waals surface area contributed by atoms with Crippen LogP contribution in [0.1, 0.15) is 18.6 Å². The molecule has 4 nitrogen and oxygen atoms in total. The van der Waals surface area contributed by atoms with Gasteiger partial charge >= 0.3 is 3.18 Å². The topological polar surface area (TPSA) is 77.0 Å². The SMILES string of the molecule is BrB(Br)Br.C.COc1c(Cl)cccc1-c1cccc(C#N)c1F.N#Cc1cccc(-c2cccc(Cl)c2O)c1F. The average molecular weight is 776 g/mol. The van der Waals surface area contributed by atoms with Gasteiger partial charge in [-0.05, 0) is 24.3 Å². The lowest BCUT2D eigenvalue weighted by atomic mass is 10.0. The number of benzene rings is 4. The van der Waals surface area contributed by atoms with Crippen LogP contribution in [0.3, 0.4) is 0 Å². The third-order valence-corrected chi connectivity index (χ3v) is 5.58. The van der Waals surface area contributed by atoms with Crippen molar-refractivity contribution in [3.05, 3.63) is 106 Å². The standard InChI is InChI=1S/C14H9ClFNO.C13H7ClFNO.CH4.BBr3/c1-18-14-11(6-3-7-12(14)15)10-5-2-4-9(8-17)13(10)16;14-11-6-2-5-10(13(11)17)9-4-1-3-8(7-16)12(9)15;;2-1(3)4/h2-7H,1H3;1-6,17H;1H4;. The van der Waals surface area contributed by atoms with Crippen molar-refractivity contribution < 1.29 is 18.6 Å². The number of halogens is 7. The van der Waals surface area contributed by atoms with Gasteiger partial charge in [0, 0.05) is 22.3 Å². The van der Waals surface area contributed by atoms with Crippen molar-refractivity contribution in [3.63, 3.8) is 0 Å². The fourth-order valence-electron chi connectivity index (χ4n) is 3.31. The summed E-state index contributed by atoms with van der Waals surface area (Å²) in [6, 6.07) is 22.3. The number of nitrogens with zero attached hydrogens (tertiary/aromatic N) is 2. The zero-order valence-electron chi connectivity index (χ0n) is 19.9. The number of phenols is 1. The molecule has 0 aliphatic heterocycles. The van der Waals surface area contributed by atoms with Gasteiger partial charge in [-0.3, -0.25) is 0 Å². The maximum atomic E-state index is 14.1. The predicted molar refractivity (Wildman–Crippen MR) is 171 cm³/mol. The zero-order valence-corrected chi connectivity index (χ0v) is 26.2. The quantitative estimate of drug-likeness (QED) is 0.210. The fourth-order valence-corrected chi connectivity index (χ4v) is 3.74. The molecule has 0 aromatic heterocycles. The van der Waals surface area contributed by atoms with Gasteiger partial charge in [0.1, 0.15) is 35.3 Å². The first-order valence-electron chi connectivity index (χ1n) is 10.7.